The molecule has 0 aliphatic heterocycles. The van der Waals surface area contributed by atoms with Crippen molar-refractivity contribution >= 4 is 132 Å². The smallest absolute Gasteiger partial charge is 0.146 e. The highest BCUT2D eigenvalue weighted by atomic mass is 15.2. The summed E-state index contributed by atoms with van der Waals surface area (Å²) in [5.41, 5.74) is 13.4. The third-order valence-corrected chi connectivity index (χ3v) is 14.1. The first kappa shape index (κ1) is 35.5. The summed E-state index contributed by atoms with van der Waals surface area (Å²) < 4.78 is 5.01. The average Bonchev–Trinajstić information content (AvgIpc) is 4.12. The topological polar surface area (TPSA) is 28.2 Å². The van der Waals surface area contributed by atoms with E-state index in [-0.39, 0.29) is 0 Å². The quantitative estimate of drug-likeness (QED) is 0.167. The first-order chi connectivity index (χ1) is 32.8. The van der Waals surface area contributed by atoms with Crippen LogP contribution in [0.3, 0.4) is 0 Å². The second kappa shape index (κ2) is 13.3. The number of anilines is 6. The van der Waals surface area contributed by atoms with E-state index in [1.54, 1.807) is 0 Å². The van der Waals surface area contributed by atoms with E-state index in [1.165, 1.54) is 75.7 Å². The molecule has 5 heteroatoms. The molecule has 10 aromatic carbocycles. The Kier molecular flexibility index (Phi) is 7.16. The minimum Gasteiger partial charge on any atom is -0.308 e. The summed E-state index contributed by atoms with van der Waals surface area (Å²) >= 11 is 0. The van der Waals surface area contributed by atoms with Crippen molar-refractivity contribution in [3.05, 3.63) is 225 Å². The predicted octanol–water partition coefficient (Wildman–Crippen LogP) is 16.6. The molecule has 0 radical (unpaired) electrons. The lowest BCUT2D eigenvalue weighted by Crippen LogP contribution is -2.11. The molecule has 5 nitrogen and oxygen atoms in total. The molecule has 5 heterocycles. The standard InChI is InChI=1S/C61H37N5/c1-5-21-40(22-6-1)63(41-23-7-2-8-24-41)50-34-18-32-47-46-31-17-33-48-53-52(65(57(46)48)58(47)50)37-62-61-56(53)49-35-38-19-13-15-29-44(38)54-55-45-30-16-14-20-39(45)36-51(60(55)66(61)59(49)54)64(42-25-9-3-10-26-42)43-27-11-4-12-28-43/h1-37H. The summed E-state index contributed by atoms with van der Waals surface area (Å²) in [7, 11) is 0. The van der Waals surface area contributed by atoms with Crippen LogP contribution in [-0.4, -0.2) is 13.8 Å². The fourth-order valence-electron chi connectivity index (χ4n) is 11.5. The number of para-hydroxylation sites is 6. The van der Waals surface area contributed by atoms with E-state index < -0.39 is 0 Å². The number of pyridine rings is 1. The number of hydrogen-bond acceptors (Lipinski definition) is 3. The number of rotatable bonds is 6. The molecule has 0 aliphatic rings. The van der Waals surface area contributed by atoms with Gasteiger partial charge in [0.15, 0.2) is 0 Å². The average molecular weight is 840 g/mol. The molecule has 306 valence electrons. The monoisotopic (exact) mass is 839 g/mol. The van der Waals surface area contributed by atoms with Crippen molar-refractivity contribution in [3.63, 3.8) is 0 Å². The zero-order valence-electron chi connectivity index (χ0n) is 35.6. The van der Waals surface area contributed by atoms with Crippen LogP contribution in [0.15, 0.2) is 225 Å². The molecule has 0 spiro atoms. The van der Waals surface area contributed by atoms with Crippen LogP contribution in [0.5, 0.6) is 0 Å². The van der Waals surface area contributed by atoms with E-state index in [0.29, 0.717) is 0 Å². The third kappa shape index (κ3) is 4.65. The maximum atomic E-state index is 5.67. The minimum atomic E-state index is 0.958. The number of benzene rings is 10. The molecule has 0 amide bonds. The fraction of sp³-hybridized carbons (Fsp3) is 0. The van der Waals surface area contributed by atoms with Crippen molar-refractivity contribution in [1.29, 1.82) is 0 Å². The van der Waals surface area contributed by atoms with Crippen LogP contribution in [-0.2, 0) is 0 Å². The maximum absolute atomic E-state index is 5.67. The van der Waals surface area contributed by atoms with Gasteiger partial charge >= 0.3 is 0 Å². The van der Waals surface area contributed by atoms with Gasteiger partial charge in [0, 0.05) is 65.8 Å². The van der Waals surface area contributed by atoms with Gasteiger partial charge in [0.05, 0.1) is 45.2 Å². The lowest BCUT2D eigenvalue weighted by Gasteiger charge is -2.27. The predicted molar refractivity (Wildman–Crippen MR) is 278 cm³/mol. The molecule has 0 atom stereocenters. The van der Waals surface area contributed by atoms with Gasteiger partial charge in [-0.25, -0.2) is 4.98 Å². The van der Waals surface area contributed by atoms with Gasteiger partial charge in [0.25, 0.3) is 0 Å². The summed E-state index contributed by atoms with van der Waals surface area (Å²) in [5.74, 6) is 0. The molecule has 0 unspecified atom stereocenters. The van der Waals surface area contributed by atoms with Crippen LogP contribution < -0.4 is 9.80 Å². The normalized spacial score (nSPS) is 12.2. The number of aromatic nitrogens is 3. The van der Waals surface area contributed by atoms with Crippen LogP contribution in [0.4, 0.5) is 34.1 Å². The molecule has 0 saturated heterocycles. The van der Waals surface area contributed by atoms with Gasteiger partial charge in [-0.1, -0.05) is 152 Å². The van der Waals surface area contributed by atoms with E-state index >= 15 is 0 Å². The van der Waals surface area contributed by atoms with Crippen LogP contribution in [0.25, 0.3) is 97.9 Å². The van der Waals surface area contributed by atoms with Gasteiger partial charge in [-0.05, 0) is 88.3 Å². The molecule has 15 aromatic rings. The summed E-state index contributed by atoms with van der Waals surface area (Å²) in [4.78, 5) is 10.5. The molecule has 5 aromatic heterocycles. The third-order valence-electron chi connectivity index (χ3n) is 14.1. The van der Waals surface area contributed by atoms with E-state index in [1.807, 2.05) is 0 Å². The Morgan fingerprint density at radius 1 is 0.303 bits per heavy atom. The van der Waals surface area contributed by atoms with Crippen LogP contribution >= 0.6 is 0 Å². The van der Waals surface area contributed by atoms with Crippen LogP contribution in [0.1, 0.15) is 0 Å². The van der Waals surface area contributed by atoms with Crippen molar-refractivity contribution < 1.29 is 0 Å². The Hall–Kier alpha value is -8.93. The van der Waals surface area contributed by atoms with Crippen LogP contribution in [0, 0.1) is 0 Å². The van der Waals surface area contributed by atoms with Crippen LogP contribution in [0.2, 0.25) is 0 Å². The van der Waals surface area contributed by atoms with E-state index in [4.69, 9.17) is 4.98 Å². The van der Waals surface area contributed by atoms with Crippen molar-refractivity contribution in [2.75, 3.05) is 9.80 Å². The molecular formula is C61H37N5. The van der Waals surface area contributed by atoms with Gasteiger partial charge in [-0.3, -0.25) is 4.40 Å². The van der Waals surface area contributed by atoms with E-state index in [0.717, 1.165) is 56.3 Å². The molecule has 66 heavy (non-hydrogen) atoms. The highest BCUT2D eigenvalue weighted by Crippen LogP contribution is 2.53. The summed E-state index contributed by atoms with van der Waals surface area (Å²) in [5, 5.41) is 14.7. The van der Waals surface area contributed by atoms with E-state index in [2.05, 4.69) is 243 Å². The second-order valence-corrected chi connectivity index (χ2v) is 17.5. The zero-order chi connectivity index (χ0) is 43.0. The van der Waals surface area contributed by atoms with Crippen molar-refractivity contribution in [2.45, 2.75) is 0 Å². The first-order valence-electron chi connectivity index (χ1n) is 22.6. The Balaban J connectivity index is 1.15. The largest absolute Gasteiger partial charge is 0.308 e. The highest BCUT2D eigenvalue weighted by molar-refractivity contribution is 6.41. The summed E-state index contributed by atoms with van der Waals surface area (Å²) in [6.45, 7) is 0. The summed E-state index contributed by atoms with van der Waals surface area (Å²) in [6, 6.07) is 79.3. The SMILES string of the molecule is c1ccc(N(c2ccccc2)c2cccc3c4cccc5c6c7c8cc9ccccc9c9c%10c%11ccccc%11cc(N(c%11ccccc%11)c%11ccccc%11)c%10n(c7ncc6n(c23)c45)c89)cc1. The van der Waals surface area contributed by atoms with Gasteiger partial charge < -0.3 is 14.2 Å². The highest BCUT2D eigenvalue weighted by Gasteiger charge is 2.30. The van der Waals surface area contributed by atoms with Gasteiger partial charge in [-0.2, -0.15) is 0 Å². The number of hydrogen-bond donors (Lipinski definition) is 0. The maximum Gasteiger partial charge on any atom is 0.146 e. The Labute approximate surface area is 378 Å². The Bertz CT molecular complexity index is 4310. The lowest BCUT2D eigenvalue weighted by molar-refractivity contribution is 1.23. The molecule has 0 aliphatic carbocycles. The number of fused-ring (bicyclic) bond motifs is 17. The van der Waals surface area contributed by atoms with Crippen molar-refractivity contribution in [2.24, 2.45) is 0 Å². The minimum absolute atomic E-state index is 0.958. The lowest BCUT2D eigenvalue weighted by atomic mass is 9.96. The van der Waals surface area contributed by atoms with Gasteiger partial charge in [0.2, 0.25) is 0 Å². The molecule has 0 fully saturated rings. The van der Waals surface area contributed by atoms with Gasteiger partial charge in [-0.15, -0.1) is 0 Å². The zero-order valence-corrected chi connectivity index (χ0v) is 35.6. The first-order valence-corrected chi connectivity index (χ1v) is 22.6. The van der Waals surface area contributed by atoms with Crippen molar-refractivity contribution in [3.8, 4) is 0 Å². The summed E-state index contributed by atoms with van der Waals surface area (Å²) in [6.07, 6.45) is 2.15. The molecule has 0 N–H and O–H groups in total. The fourth-order valence-corrected chi connectivity index (χ4v) is 11.5. The molecule has 15 rings (SSSR count). The molecular weight excluding hydrogens is 803 g/mol. The Morgan fingerprint density at radius 2 is 0.773 bits per heavy atom. The van der Waals surface area contributed by atoms with Crippen molar-refractivity contribution in [1.82, 2.24) is 13.8 Å². The molecule has 0 saturated carbocycles. The number of nitrogens with zero attached hydrogens (tertiary/aromatic N) is 5. The van der Waals surface area contributed by atoms with E-state index in [9.17, 15) is 0 Å². The molecule has 0 bridgehead atoms. The Morgan fingerprint density at radius 3 is 1.38 bits per heavy atom. The second-order valence-electron chi connectivity index (χ2n) is 17.5. The van der Waals surface area contributed by atoms with Gasteiger partial charge in [0.1, 0.15) is 5.65 Å².